The highest BCUT2D eigenvalue weighted by molar-refractivity contribution is 5.78. The lowest BCUT2D eigenvalue weighted by Gasteiger charge is -2.18. The first-order valence-corrected chi connectivity index (χ1v) is 9.64. The molecule has 1 aliphatic heterocycles. The summed E-state index contributed by atoms with van der Waals surface area (Å²) in [7, 11) is 4.74. The molecule has 1 heterocycles. The van der Waals surface area contributed by atoms with E-state index < -0.39 is 0 Å². The number of nitrogens with zero attached hydrogens (tertiary/aromatic N) is 1. The van der Waals surface area contributed by atoms with E-state index >= 15 is 0 Å². The van der Waals surface area contributed by atoms with Crippen molar-refractivity contribution in [3.8, 4) is 17.2 Å². The summed E-state index contributed by atoms with van der Waals surface area (Å²) in [5, 5.41) is 2.96. The van der Waals surface area contributed by atoms with Crippen molar-refractivity contribution < 1.29 is 19.0 Å². The summed E-state index contributed by atoms with van der Waals surface area (Å²) in [6.07, 6.45) is 0. The lowest BCUT2D eigenvalue weighted by Crippen LogP contribution is -2.37. The number of rotatable bonds is 8. The highest BCUT2D eigenvalue weighted by Gasteiger charge is 2.32. The van der Waals surface area contributed by atoms with Gasteiger partial charge in [0.15, 0.2) is 0 Å². The Balaban J connectivity index is 1.60. The Hall–Kier alpha value is -2.77. The van der Waals surface area contributed by atoms with E-state index in [9.17, 15) is 4.79 Å². The van der Waals surface area contributed by atoms with E-state index in [4.69, 9.17) is 19.9 Å². The lowest BCUT2D eigenvalue weighted by atomic mass is 9.95. The van der Waals surface area contributed by atoms with Crippen LogP contribution in [-0.4, -0.2) is 57.8 Å². The van der Waals surface area contributed by atoms with Gasteiger partial charge in [-0.25, -0.2) is 0 Å². The van der Waals surface area contributed by atoms with Crippen molar-refractivity contribution in [3.05, 3.63) is 53.6 Å². The molecule has 1 aliphatic rings. The number of carbonyl (C=O) groups excluding carboxylic acids is 1. The van der Waals surface area contributed by atoms with E-state index in [-0.39, 0.29) is 17.9 Å². The van der Waals surface area contributed by atoms with E-state index in [2.05, 4.69) is 22.3 Å². The van der Waals surface area contributed by atoms with E-state index in [0.29, 0.717) is 36.9 Å². The van der Waals surface area contributed by atoms with Crippen molar-refractivity contribution in [1.29, 1.82) is 0 Å². The molecule has 3 N–H and O–H groups in total. The highest BCUT2D eigenvalue weighted by Crippen LogP contribution is 2.34. The molecule has 2 aromatic carbocycles. The van der Waals surface area contributed by atoms with Gasteiger partial charge in [0.25, 0.3) is 0 Å². The van der Waals surface area contributed by atoms with Crippen LogP contribution in [0.1, 0.15) is 17.0 Å². The van der Waals surface area contributed by atoms with Gasteiger partial charge in [-0.1, -0.05) is 30.3 Å². The molecule has 3 rings (SSSR count). The Bertz CT molecular complexity index is 803. The first-order chi connectivity index (χ1) is 14.0. The van der Waals surface area contributed by atoms with Crippen molar-refractivity contribution in [3.63, 3.8) is 0 Å². The maximum Gasteiger partial charge on any atom is 0.234 e. The van der Waals surface area contributed by atoms with Crippen molar-refractivity contribution in [2.75, 3.05) is 41.0 Å². The molecule has 1 amide bonds. The second-order valence-electron chi connectivity index (χ2n) is 7.16. The zero-order chi connectivity index (χ0) is 20.8. The maximum absolute atomic E-state index is 12.5. The predicted molar refractivity (Wildman–Crippen MR) is 112 cm³/mol. The van der Waals surface area contributed by atoms with E-state index in [1.807, 2.05) is 18.2 Å². The van der Waals surface area contributed by atoms with Gasteiger partial charge in [0, 0.05) is 37.2 Å². The Labute approximate surface area is 171 Å². The Morgan fingerprint density at radius 2 is 1.72 bits per heavy atom. The molecule has 156 valence electrons. The first-order valence-electron chi connectivity index (χ1n) is 9.64. The number of methoxy groups -OCH3 is 3. The molecule has 2 atom stereocenters. The van der Waals surface area contributed by atoms with E-state index in [1.54, 1.807) is 33.5 Å². The minimum atomic E-state index is -0.0640. The number of nitrogens with one attached hydrogen (secondary N) is 1. The van der Waals surface area contributed by atoms with Crippen LogP contribution in [-0.2, 0) is 11.3 Å². The molecule has 0 aliphatic carbocycles. The van der Waals surface area contributed by atoms with Gasteiger partial charge in [-0.3, -0.25) is 9.69 Å². The Morgan fingerprint density at radius 3 is 2.31 bits per heavy atom. The van der Waals surface area contributed by atoms with Crippen molar-refractivity contribution in [2.24, 2.45) is 5.73 Å². The molecule has 1 fully saturated rings. The fourth-order valence-electron chi connectivity index (χ4n) is 3.79. The summed E-state index contributed by atoms with van der Waals surface area (Å²) in [6, 6.07) is 13.8. The Morgan fingerprint density at radius 1 is 1.07 bits per heavy atom. The molecule has 0 radical (unpaired) electrons. The van der Waals surface area contributed by atoms with Gasteiger partial charge < -0.3 is 25.3 Å². The topological polar surface area (TPSA) is 86.1 Å². The molecule has 0 saturated carbocycles. The number of benzene rings is 2. The van der Waals surface area contributed by atoms with E-state index in [0.717, 1.165) is 12.1 Å². The third kappa shape index (κ3) is 4.99. The number of ether oxygens (including phenoxy) is 3. The van der Waals surface area contributed by atoms with E-state index in [1.165, 1.54) is 5.56 Å². The second kappa shape index (κ2) is 9.62. The molecule has 0 bridgehead atoms. The number of hydrogen-bond donors (Lipinski definition) is 2. The van der Waals surface area contributed by atoms with Crippen LogP contribution in [0.5, 0.6) is 17.2 Å². The average Bonchev–Trinajstić information content (AvgIpc) is 3.11. The van der Waals surface area contributed by atoms with Crippen LogP contribution in [0, 0.1) is 0 Å². The fourth-order valence-corrected chi connectivity index (χ4v) is 3.79. The molecular weight excluding hydrogens is 370 g/mol. The number of nitrogens with two attached hydrogens (primary N) is 1. The average molecular weight is 399 g/mol. The second-order valence-corrected chi connectivity index (χ2v) is 7.16. The predicted octanol–water partition coefficient (Wildman–Crippen LogP) is 1.76. The molecule has 7 nitrogen and oxygen atoms in total. The van der Waals surface area contributed by atoms with Crippen molar-refractivity contribution in [2.45, 2.75) is 18.5 Å². The molecule has 0 spiro atoms. The maximum atomic E-state index is 12.5. The highest BCUT2D eigenvalue weighted by atomic mass is 16.5. The van der Waals surface area contributed by atoms with Gasteiger partial charge >= 0.3 is 0 Å². The zero-order valence-corrected chi connectivity index (χ0v) is 17.2. The number of amides is 1. The van der Waals surface area contributed by atoms with Crippen LogP contribution in [0.25, 0.3) is 0 Å². The van der Waals surface area contributed by atoms with Crippen LogP contribution in [0.15, 0.2) is 42.5 Å². The molecule has 2 aromatic rings. The zero-order valence-electron chi connectivity index (χ0n) is 17.2. The third-order valence-electron chi connectivity index (χ3n) is 5.32. The summed E-state index contributed by atoms with van der Waals surface area (Å²) < 4.78 is 16.1. The monoisotopic (exact) mass is 399 g/mol. The number of hydrogen-bond acceptors (Lipinski definition) is 6. The van der Waals surface area contributed by atoms with Crippen molar-refractivity contribution in [1.82, 2.24) is 10.2 Å². The molecular formula is C22H29N3O4. The lowest BCUT2D eigenvalue weighted by molar-refractivity contribution is -0.122. The summed E-state index contributed by atoms with van der Waals surface area (Å²) in [5.74, 6) is 2.02. The first kappa shape index (κ1) is 21.0. The summed E-state index contributed by atoms with van der Waals surface area (Å²) >= 11 is 0. The minimum absolute atomic E-state index is 0.0203. The molecule has 0 unspecified atom stereocenters. The quantitative estimate of drug-likeness (QED) is 0.704. The van der Waals surface area contributed by atoms with Gasteiger partial charge in [0.2, 0.25) is 5.91 Å². The number of carbonyl (C=O) groups is 1. The Kier molecular flexibility index (Phi) is 6.95. The fraction of sp³-hybridized carbons (Fsp3) is 0.409. The summed E-state index contributed by atoms with van der Waals surface area (Å²) in [6.45, 7) is 2.07. The minimum Gasteiger partial charge on any atom is -0.496 e. The molecule has 1 saturated heterocycles. The van der Waals surface area contributed by atoms with Gasteiger partial charge in [-0.2, -0.15) is 0 Å². The number of likely N-dealkylation sites (tertiary alicyclic amines) is 1. The molecule has 7 heteroatoms. The van der Waals surface area contributed by atoms with Crippen LogP contribution in [0.2, 0.25) is 0 Å². The standard InChI is InChI=1S/C22H29N3O4/c1-27-16-9-20(28-2)17(21(10-16)29-3)11-24-22(26)14-25-12-18(19(23)13-25)15-7-5-4-6-8-15/h4-10,18-19H,11-14,23H2,1-3H3,(H,24,26)/t18-,19+/m0/s1. The SMILES string of the molecule is COc1cc(OC)c(CNC(=O)CN2C[C@@H](N)[C@H](c3ccccc3)C2)c(OC)c1. The van der Waals surface area contributed by atoms with Crippen LogP contribution >= 0.6 is 0 Å². The summed E-state index contributed by atoms with van der Waals surface area (Å²) in [4.78, 5) is 14.6. The van der Waals surface area contributed by atoms with Crippen LogP contribution < -0.4 is 25.3 Å². The molecule has 29 heavy (non-hydrogen) atoms. The van der Waals surface area contributed by atoms with Gasteiger partial charge in [-0.05, 0) is 5.56 Å². The molecule has 0 aromatic heterocycles. The van der Waals surface area contributed by atoms with Gasteiger partial charge in [0.05, 0.1) is 40.0 Å². The van der Waals surface area contributed by atoms with Crippen LogP contribution in [0.3, 0.4) is 0 Å². The third-order valence-corrected chi connectivity index (χ3v) is 5.32. The van der Waals surface area contributed by atoms with Gasteiger partial charge in [-0.15, -0.1) is 0 Å². The smallest absolute Gasteiger partial charge is 0.234 e. The van der Waals surface area contributed by atoms with Crippen LogP contribution in [0.4, 0.5) is 0 Å². The van der Waals surface area contributed by atoms with Crippen molar-refractivity contribution >= 4 is 5.91 Å². The largest absolute Gasteiger partial charge is 0.496 e. The summed E-state index contributed by atoms with van der Waals surface area (Å²) in [5.41, 5.74) is 8.31. The van der Waals surface area contributed by atoms with Gasteiger partial charge in [0.1, 0.15) is 17.2 Å². The normalized spacial score (nSPS) is 19.0.